The maximum Gasteiger partial charge on any atom is 0.0713 e. The van der Waals surface area contributed by atoms with Crippen LogP contribution in [-0.4, -0.2) is 4.98 Å². The van der Waals surface area contributed by atoms with Crippen LogP contribution in [0.5, 0.6) is 0 Å². The van der Waals surface area contributed by atoms with Gasteiger partial charge in [0.05, 0.1) is 5.69 Å². The Balaban J connectivity index is 2.33. The van der Waals surface area contributed by atoms with Crippen LogP contribution in [0.2, 0.25) is 0 Å². The van der Waals surface area contributed by atoms with Gasteiger partial charge < -0.3 is 0 Å². The average Bonchev–Trinajstić information content (AvgIpc) is 2.66. The number of pyridine rings is 1. The molecule has 0 unspecified atom stereocenters. The third kappa shape index (κ3) is 2.45. The molecule has 2 heteroatoms. The van der Waals surface area contributed by atoms with Crippen molar-refractivity contribution in [2.45, 2.75) is 20.3 Å². The van der Waals surface area contributed by atoms with Crippen molar-refractivity contribution < 1.29 is 0 Å². The van der Waals surface area contributed by atoms with E-state index >= 15 is 0 Å². The van der Waals surface area contributed by atoms with Gasteiger partial charge in [0, 0.05) is 16.6 Å². The zero-order chi connectivity index (χ0) is 10.7. The minimum absolute atomic E-state index is 0.700. The van der Waals surface area contributed by atoms with E-state index in [1.807, 2.05) is 29.7 Å². The summed E-state index contributed by atoms with van der Waals surface area (Å²) in [6, 6.07) is 8.24. The van der Waals surface area contributed by atoms with Crippen LogP contribution in [0, 0.1) is 5.92 Å². The minimum atomic E-state index is 0.700. The van der Waals surface area contributed by atoms with Crippen LogP contribution in [0.15, 0.2) is 35.8 Å². The molecule has 1 nitrogen and oxygen atoms in total. The van der Waals surface area contributed by atoms with Gasteiger partial charge in [0.15, 0.2) is 0 Å². The zero-order valence-electron chi connectivity index (χ0n) is 9.10. The number of thiophene rings is 1. The van der Waals surface area contributed by atoms with Gasteiger partial charge in [0.1, 0.15) is 0 Å². The van der Waals surface area contributed by atoms with Gasteiger partial charge in [-0.2, -0.15) is 0 Å². The highest BCUT2D eigenvalue weighted by Crippen LogP contribution is 2.28. The van der Waals surface area contributed by atoms with Gasteiger partial charge in [-0.3, -0.25) is 4.98 Å². The lowest BCUT2D eigenvalue weighted by Crippen LogP contribution is -1.93. The second-order valence-corrected chi connectivity index (χ2v) is 5.07. The van der Waals surface area contributed by atoms with E-state index in [-0.39, 0.29) is 0 Å². The lowest BCUT2D eigenvalue weighted by Gasteiger charge is -2.05. The van der Waals surface area contributed by atoms with Crippen LogP contribution < -0.4 is 0 Å². The summed E-state index contributed by atoms with van der Waals surface area (Å²) in [5, 5.41) is 2.15. The molecular weight excluding hydrogens is 202 g/mol. The van der Waals surface area contributed by atoms with Gasteiger partial charge in [0.25, 0.3) is 0 Å². The lowest BCUT2D eigenvalue weighted by atomic mass is 10.0. The summed E-state index contributed by atoms with van der Waals surface area (Å²) >= 11 is 1.83. The molecule has 2 aromatic rings. The first-order valence-electron chi connectivity index (χ1n) is 5.25. The van der Waals surface area contributed by atoms with Gasteiger partial charge in [0.2, 0.25) is 0 Å². The van der Waals surface area contributed by atoms with Crippen molar-refractivity contribution in [3.63, 3.8) is 0 Å². The van der Waals surface area contributed by atoms with Gasteiger partial charge in [-0.05, 0) is 35.9 Å². The summed E-state index contributed by atoms with van der Waals surface area (Å²) in [5.74, 6) is 0.700. The van der Waals surface area contributed by atoms with E-state index in [0.29, 0.717) is 5.92 Å². The molecule has 0 bridgehead atoms. The third-order valence-electron chi connectivity index (χ3n) is 2.28. The monoisotopic (exact) mass is 217 g/mol. The van der Waals surface area contributed by atoms with E-state index in [2.05, 4.69) is 36.3 Å². The molecule has 2 heterocycles. The molecule has 0 aliphatic carbocycles. The van der Waals surface area contributed by atoms with E-state index in [0.717, 1.165) is 12.1 Å². The van der Waals surface area contributed by atoms with Crippen LogP contribution in [0.25, 0.3) is 11.3 Å². The predicted molar refractivity (Wildman–Crippen MR) is 66.1 cm³/mol. The van der Waals surface area contributed by atoms with Crippen molar-refractivity contribution in [1.29, 1.82) is 0 Å². The Kier molecular flexibility index (Phi) is 3.17. The number of rotatable bonds is 3. The molecule has 2 rings (SSSR count). The van der Waals surface area contributed by atoms with E-state index in [9.17, 15) is 0 Å². The maximum absolute atomic E-state index is 4.40. The molecule has 0 aliphatic heterocycles. The fourth-order valence-corrected chi connectivity index (χ4v) is 2.72. The van der Waals surface area contributed by atoms with Gasteiger partial charge in [-0.15, -0.1) is 11.3 Å². The van der Waals surface area contributed by atoms with E-state index in [1.54, 1.807) is 0 Å². The molecule has 0 saturated heterocycles. The molecule has 0 atom stereocenters. The first-order valence-corrected chi connectivity index (χ1v) is 6.13. The van der Waals surface area contributed by atoms with Crippen LogP contribution in [0.4, 0.5) is 0 Å². The van der Waals surface area contributed by atoms with Crippen molar-refractivity contribution in [2.24, 2.45) is 5.92 Å². The molecule has 0 spiro atoms. The Labute approximate surface area is 94.8 Å². The Morgan fingerprint density at radius 2 is 2.13 bits per heavy atom. The van der Waals surface area contributed by atoms with Crippen LogP contribution >= 0.6 is 11.3 Å². The summed E-state index contributed by atoms with van der Waals surface area (Å²) in [6.07, 6.45) is 3.00. The van der Waals surface area contributed by atoms with Gasteiger partial charge in [-0.25, -0.2) is 0 Å². The summed E-state index contributed by atoms with van der Waals surface area (Å²) in [4.78, 5) is 5.84. The predicted octanol–water partition coefficient (Wildman–Crippen LogP) is 4.01. The highest BCUT2D eigenvalue weighted by atomic mass is 32.1. The summed E-state index contributed by atoms with van der Waals surface area (Å²) in [5.41, 5.74) is 2.39. The summed E-state index contributed by atoms with van der Waals surface area (Å²) < 4.78 is 0. The molecule has 0 aliphatic rings. The normalized spacial score (nSPS) is 10.9. The van der Waals surface area contributed by atoms with Gasteiger partial charge >= 0.3 is 0 Å². The largest absolute Gasteiger partial charge is 0.256 e. The fraction of sp³-hybridized carbons (Fsp3) is 0.308. The van der Waals surface area contributed by atoms with Crippen LogP contribution in [-0.2, 0) is 6.42 Å². The molecule has 0 saturated carbocycles. The van der Waals surface area contributed by atoms with Crippen molar-refractivity contribution in [1.82, 2.24) is 4.98 Å². The van der Waals surface area contributed by atoms with E-state index in [4.69, 9.17) is 0 Å². The van der Waals surface area contributed by atoms with E-state index in [1.165, 1.54) is 10.4 Å². The third-order valence-corrected chi connectivity index (χ3v) is 3.22. The standard InChI is InChI=1S/C13H15NS/c1-10(2)9-13-11(6-8-15-13)12-5-3-4-7-14-12/h3-8,10H,9H2,1-2H3. The quantitative estimate of drug-likeness (QED) is 0.757. The second kappa shape index (κ2) is 4.58. The first kappa shape index (κ1) is 10.4. The SMILES string of the molecule is CC(C)Cc1sccc1-c1ccccn1. The molecule has 0 fully saturated rings. The molecule has 0 amide bonds. The van der Waals surface area contributed by atoms with Crippen LogP contribution in [0.1, 0.15) is 18.7 Å². The van der Waals surface area contributed by atoms with Crippen molar-refractivity contribution in [3.8, 4) is 11.3 Å². The van der Waals surface area contributed by atoms with E-state index < -0.39 is 0 Å². The van der Waals surface area contributed by atoms with Crippen LogP contribution in [0.3, 0.4) is 0 Å². The molecule has 2 aromatic heterocycles. The van der Waals surface area contributed by atoms with Gasteiger partial charge in [-0.1, -0.05) is 19.9 Å². The molecule has 0 aromatic carbocycles. The molecular formula is C13H15NS. The Morgan fingerprint density at radius 3 is 2.80 bits per heavy atom. The number of aromatic nitrogens is 1. The summed E-state index contributed by atoms with van der Waals surface area (Å²) in [6.45, 7) is 4.50. The second-order valence-electron chi connectivity index (χ2n) is 4.07. The Morgan fingerprint density at radius 1 is 1.27 bits per heavy atom. The first-order chi connectivity index (χ1) is 7.27. The lowest BCUT2D eigenvalue weighted by molar-refractivity contribution is 0.655. The van der Waals surface area contributed by atoms with Crippen molar-refractivity contribution in [2.75, 3.05) is 0 Å². The minimum Gasteiger partial charge on any atom is -0.256 e. The number of hydrogen-bond acceptors (Lipinski definition) is 2. The topological polar surface area (TPSA) is 12.9 Å². The summed E-state index contributed by atoms with van der Waals surface area (Å²) in [7, 11) is 0. The van der Waals surface area contributed by atoms with Crippen molar-refractivity contribution >= 4 is 11.3 Å². The van der Waals surface area contributed by atoms with Crippen molar-refractivity contribution in [3.05, 3.63) is 40.7 Å². The number of nitrogens with zero attached hydrogens (tertiary/aromatic N) is 1. The molecule has 0 N–H and O–H groups in total. The molecule has 15 heavy (non-hydrogen) atoms. The molecule has 0 radical (unpaired) electrons. The number of hydrogen-bond donors (Lipinski definition) is 0. The maximum atomic E-state index is 4.40. The Hall–Kier alpha value is -1.15. The average molecular weight is 217 g/mol. The highest BCUT2D eigenvalue weighted by molar-refractivity contribution is 7.10. The fourth-order valence-electron chi connectivity index (χ4n) is 1.62. The highest BCUT2D eigenvalue weighted by Gasteiger charge is 2.08. The smallest absolute Gasteiger partial charge is 0.0713 e. The molecule has 78 valence electrons. The zero-order valence-corrected chi connectivity index (χ0v) is 9.92. The Bertz CT molecular complexity index is 417.